The van der Waals surface area contributed by atoms with Gasteiger partial charge in [0.25, 0.3) is 0 Å². The summed E-state index contributed by atoms with van der Waals surface area (Å²) in [4.78, 5) is 25.1. The number of amides is 3. The van der Waals surface area contributed by atoms with Crippen molar-refractivity contribution >= 4 is 12.1 Å². The maximum atomic E-state index is 11.9. The normalized spacial score (nSPS) is 19.5. The Bertz CT molecular complexity index is 409. The number of nitrogens with zero attached hydrogens (tertiary/aromatic N) is 1. The second-order valence-corrected chi connectivity index (χ2v) is 5.49. The van der Waals surface area contributed by atoms with Gasteiger partial charge in [0, 0.05) is 25.3 Å². The SMILES string of the molecule is CCOC(=O)N1CCC(NC(=O)NC=C2CCOCC2)CC1. The van der Waals surface area contributed by atoms with Gasteiger partial charge in [-0.1, -0.05) is 0 Å². The first-order valence-corrected chi connectivity index (χ1v) is 7.93. The van der Waals surface area contributed by atoms with Crippen LogP contribution in [0.4, 0.5) is 9.59 Å². The molecule has 2 fully saturated rings. The van der Waals surface area contributed by atoms with E-state index in [4.69, 9.17) is 9.47 Å². The Morgan fingerprint density at radius 3 is 2.64 bits per heavy atom. The van der Waals surface area contributed by atoms with Gasteiger partial charge in [0.05, 0.1) is 19.8 Å². The highest BCUT2D eigenvalue weighted by atomic mass is 16.6. The van der Waals surface area contributed by atoms with Crippen LogP contribution in [0.2, 0.25) is 0 Å². The third-order valence-electron chi connectivity index (χ3n) is 3.90. The van der Waals surface area contributed by atoms with E-state index in [1.807, 2.05) is 0 Å². The zero-order valence-corrected chi connectivity index (χ0v) is 13.1. The summed E-state index contributed by atoms with van der Waals surface area (Å²) in [6, 6.07) is -0.0904. The standard InChI is InChI=1S/C15H25N3O4/c1-2-22-15(20)18-7-3-13(4-8-18)17-14(19)16-11-12-5-9-21-10-6-12/h11,13H,2-10H2,1H3,(H2,16,17,19). The summed E-state index contributed by atoms with van der Waals surface area (Å²) in [5.41, 5.74) is 1.21. The van der Waals surface area contributed by atoms with Crippen LogP contribution >= 0.6 is 0 Å². The van der Waals surface area contributed by atoms with Gasteiger partial charge in [-0.3, -0.25) is 0 Å². The third kappa shape index (κ3) is 5.22. The van der Waals surface area contributed by atoms with E-state index in [1.165, 1.54) is 5.57 Å². The van der Waals surface area contributed by atoms with Gasteiger partial charge in [-0.05, 0) is 38.2 Å². The van der Waals surface area contributed by atoms with E-state index in [9.17, 15) is 9.59 Å². The fourth-order valence-electron chi connectivity index (χ4n) is 2.59. The number of piperidine rings is 1. The Balaban J connectivity index is 1.67. The number of likely N-dealkylation sites (tertiary alicyclic amines) is 1. The van der Waals surface area contributed by atoms with Crippen LogP contribution in [0.3, 0.4) is 0 Å². The zero-order chi connectivity index (χ0) is 15.8. The molecule has 0 saturated carbocycles. The largest absolute Gasteiger partial charge is 0.450 e. The van der Waals surface area contributed by atoms with E-state index in [0.29, 0.717) is 19.7 Å². The van der Waals surface area contributed by atoms with Gasteiger partial charge >= 0.3 is 12.1 Å². The Hall–Kier alpha value is -1.76. The Kier molecular flexibility index (Phi) is 6.51. The molecular formula is C15H25N3O4. The molecular weight excluding hydrogens is 286 g/mol. The number of carbonyl (C=O) groups excluding carboxylic acids is 2. The minimum Gasteiger partial charge on any atom is -0.450 e. The average molecular weight is 311 g/mol. The lowest BCUT2D eigenvalue weighted by molar-refractivity contribution is 0.0957. The van der Waals surface area contributed by atoms with E-state index in [1.54, 1.807) is 18.0 Å². The summed E-state index contributed by atoms with van der Waals surface area (Å²) in [6.07, 6.45) is 4.75. The Morgan fingerprint density at radius 1 is 1.32 bits per heavy atom. The molecule has 0 unspecified atom stereocenters. The smallest absolute Gasteiger partial charge is 0.409 e. The molecule has 0 spiro atoms. The highest BCUT2D eigenvalue weighted by Crippen LogP contribution is 2.13. The van der Waals surface area contributed by atoms with Gasteiger partial charge in [0.15, 0.2) is 0 Å². The number of urea groups is 1. The summed E-state index contributed by atoms with van der Waals surface area (Å²) >= 11 is 0. The van der Waals surface area contributed by atoms with Crippen molar-refractivity contribution in [3.05, 3.63) is 11.8 Å². The van der Waals surface area contributed by atoms with Crippen LogP contribution in [-0.2, 0) is 9.47 Å². The summed E-state index contributed by atoms with van der Waals surface area (Å²) in [5.74, 6) is 0. The minimum absolute atomic E-state index is 0.0961. The van der Waals surface area contributed by atoms with E-state index in [0.717, 1.165) is 38.9 Å². The van der Waals surface area contributed by atoms with Crippen LogP contribution in [0.1, 0.15) is 32.6 Å². The molecule has 2 rings (SSSR count). The van der Waals surface area contributed by atoms with Gasteiger partial charge in [-0.15, -0.1) is 0 Å². The van der Waals surface area contributed by atoms with Crippen molar-refractivity contribution in [2.24, 2.45) is 0 Å². The summed E-state index contributed by atoms with van der Waals surface area (Å²) in [6.45, 7) is 4.86. The lowest BCUT2D eigenvalue weighted by Crippen LogP contribution is -2.48. The second kappa shape index (κ2) is 8.63. The third-order valence-corrected chi connectivity index (χ3v) is 3.90. The molecule has 2 aliphatic rings. The fraction of sp³-hybridized carbons (Fsp3) is 0.733. The van der Waals surface area contributed by atoms with Gasteiger partial charge in [-0.2, -0.15) is 0 Å². The van der Waals surface area contributed by atoms with Gasteiger partial charge < -0.3 is 25.0 Å². The van der Waals surface area contributed by atoms with Crippen molar-refractivity contribution in [2.45, 2.75) is 38.6 Å². The van der Waals surface area contributed by atoms with Crippen LogP contribution < -0.4 is 10.6 Å². The number of carbonyl (C=O) groups is 2. The van der Waals surface area contributed by atoms with Crippen molar-refractivity contribution in [3.8, 4) is 0 Å². The van der Waals surface area contributed by atoms with E-state index in [2.05, 4.69) is 10.6 Å². The number of hydrogen-bond acceptors (Lipinski definition) is 4. The molecule has 0 aliphatic carbocycles. The average Bonchev–Trinajstić information content (AvgIpc) is 2.55. The lowest BCUT2D eigenvalue weighted by atomic mass is 10.1. The molecule has 2 saturated heterocycles. The second-order valence-electron chi connectivity index (χ2n) is 5.49. The monoisotopic (exact) mass is 311 g/mol. The Morgan fingerprint density at radius 2 is 2.00 bits per heavy atom. The first-order chi connectivity index (χ1) is 10.7. The van der Waals surface area contributed by atoms with Crippen LogP contribution in [0.5, 0.6) is 0 Å². The molecule has 2 N–H and O–H groups in total. The predicted molar refractivity (Wildman–Crippen MR) is 81.4 cm³/mol. The van der Waals surface area contributed by atoms with E-state index >= 15 is 0 Å². The van der Waals surface area contributed by atoms with Crippen molar-refractivity contribution in [1.82, 2.24) is 15.5 Å². The molecule has 0 aromatic carbocycles. The maximum absolute atomic E-state index is 11.9. The maximum Gasteiger partial charge on any atom is 0.409 e. The molecule has 7 heteroatoms. The molecule has 2 aliphatic heterocycles. The van der Waals surface area contributed by atoms with Gasteiger partial charge in [-0.25, -0.2) is 9.59 Å². The van der Waals surface area contributed by atoms with E-state index < -0.39 is 0 Å². The van der Waals surface area contributed by atoms with Crippen LogP contribution in [0.15, 0.2) is 11.8 Å². The lowest BCUT2D eigenvalue weighted by Gasteiger charge is -2.31. The topological polar surface area (TPSA) is 79.9 Å². The first-order valence-electron chi connectivity index (χ1n) is 7.93. The molecule has 0 bridgehead atoms. The van der Waals surface area contributed by atoms with E-state index in [-0.39, 0.29) is 18.2 Å². The number of hydrogen-bond donors (Lipinski definition) is 2. The fourth-order valence-corrected chi connectivity index (χ4v) is 2.59. The molecule has 0 atom stereocenters. The zero-order valence-electron chi connectivity index (χ0n) is 13.1. The molecule has 0 aromatic heterocycles. The molecule has 22 heavy (non-hydrogen) atoms. The summed E-state index contributed by atoms with van der Waals surface area (Å²) in [7, 11) is 0. The molecule has 2 heterocycles. The number of ether oxygens (including phenoxy) is 2. The summed E-state index contributed by atoms with van der Waals surface area (Å²) in [5, 5.41) is 5.73. The molecule has 7 nitrogen and oxygen atoms in total. The van der Waals surface area contributed by atoms with Crippen molar-refractivity contribution in [3.63, 3.8) is 0 Å². The van der Waals surface area contributed by atoms with Gasteiger partial charge in [0.1, 0.15) is 0 Å². The Labute approximate surface area is 131 Å². The molecule has 3 amide bonds. The number of rotatable bonds is 3. The molecule has 124 valence electrons. The van der Waals surface area contributed by atoms with Crippen molar-refractivity contribution < 1.29 is 19.1 Å². The summed E-state index contributed by atoms with van der Waals surface area (Å²) < 4.78 is 10.2. The predicted octanol–water partition coefficient (Wildman–Crippen LogP) is 1.60. The first kappa shape index (κ1) is 16.6. The molecule has 0 aromatic rings. The van der Waals surface area contributed by atoms with Crippen LogP contribution in [0, 0.1) is 0 Å². The minimum atomic E-state index is -0.269. The van der Waals surface area contributed by atoms with Crippen molar-refractivity contribution in [2.75, 3.05) is 32.9 Å². The molecule has 0 radical (unpaired) electrons. The van der Waals surface area contributed by atoms with Crippen LogP contribution in [0.25, 0.3) is 0 Å². The van der Waals surface area contributed by atoms with Crippen LogP contribution in [-0.4, -0.2) is 56.0 Å². The highest BCUT2D eigenvalue weighted by molar-refractivity contribution is 5.75. The quantitative estimate of drug-likeness (QED) is 0.829. The van der Waals surface area contributed by atoms with Gasteiger partial charge in [0.2, 0.25) is 0 Å². The number of nitrogens with one attached hydrogen (secondary N) is 2. The highest BCUT2D eigenvalue weighted by Gasteiger charge is 2.24. The van der Waals surface area contributed by atoms with Crippen molar-refractivity contribution in [1.29, 1.82) is 0 Å².